The molecular formula is C14H12BrClN2O2S. The molecule has 2 aromatic rings. The molecule has 7 heteroatoms. The molecule has 1 aliphatic heterocycles. The van der Waals surface area contributed by atoms with Crippen molar-refractivity contribution >= 4 is 43.2 Å². The number of para-hydroxylation sites is 1. The summed E-state index contributed by atoms with van der Waals surface area (Å²) < 4.78 is 27.9. The van der Waals surface area contributed by atoms with E-state index in [0.29, 0.717) is 16.6 Å². The van der Waals surface area contributed by atoms with Crippen molar-refractivity contribution in [2.45, 2.75) is 24.3 Å². The maximum absolute atomic E-state index is 13.0. The highest BCUT2D eigenvalue weighted by molar-refractivity contribution is 9.10. The molecule has 1 aliphatic rings. The van der Waals surface area contributed by atoms with E-state index in [2.05, 4.69) is 20.9 Å². The molecule has 0 amide bonds. The summed E-state index contributed by atoms with van der Waals surface area (Å²) in [5.41, 5.74) is 1.73. The summed E-state index contributed by atoms with van der Waals surface area (Å²) in [5.74, 6) is 0. The summed E-state index contributed by atoms with van der Waals surface area (Å²) in [6.45, 7) is 1.89. The Morgan fingerprint density at radius 2 is 2.10 bits per heavy atom. The number of pyridine rings is 1. The van der Waals surface area contributed by atoms with E-state index in [4.69, 9.17) is 11.6 Å². The van der Waals surface area contributed by atoms with Crippen LogP contribution in [-0.4, -0.2) is 19.4 Å². The number of halogens is 2. The summed E-state index contributed by atoms with van der Waals surface area (Å²) in [6, 6.07) is 8.84. The highest BCUT2D eigenvalue weighted by Gasteiger charge is 2.37. The Labute approximate surface area is 136 Å². The molecule has 110 valence electrons. The lowest BCUT2D eigenvalue weighted by Gasteiger charge is -2.24. The van der Waals surface area contributed by atoms with Gasteiger partial charge in [0.25, 0.3) is 10.0 Å². The van der Waals surface area contributed by atoms with Crippen molar-refractivity contribution in [1.29, 1.82) is 0 Å². The van der Waals surface area contributed by atoms with Crippen LogP contribution in [0.3, 0.4) is 0 Å². The standard InChI is InChI=1S/C14H12BrClN2O2S/c1-9-6-10-4-2-3-5-12(10)18(9)21(19,20)13-7-11(15)8-17-14(13)16/h2-5,7-9H,6H2,1H3. The highest BCUT2D eigenvalue weighted by Crippen LogP contribution is 2.38. The molecule has 0 bridgehead atoms. The third kappa shape index (κ3) is 2.45. The van der Waals surface area contributed by atoms with Crippen molar-refractivity contribution in [2.24, 2.45) is 0 Å². The van der Waals surface area contributed by atoms with Crippen LogP contribution in [0.2, 0.25) is 5.15 Å². The molecular weight excluding hydrogens is 376 g/mol. The zero-order chi connectivity index (χ0) is 15.2. The number of sulfonamides is 1. The van der Waals surface area contributed by atoms with Crippen molar-refractivity contribution in [1.82, 2.24) is 4.98 Å². The predicted octanol–water partition coefficient (Wildman–Crippen LogP) is 3.64. The molecule has 0 saturated heterocycles. The van der Waals surface area contributed by atoms with Gasteiger partial charge in [0.05, 0.1) is 5.69 Å². The van der Waals surface area contributed by atoms with Gasteiger partial charge in [0, 0.05) is 16.7 Å². The van der Waals surface area contributed by atoms with Crippen molar-refractivity contribution in [3.05, 3.63) is 51.7 Å². The molecule has 0 saturated carbocycles. The Hall–Kier alpha value is -1.11. The first-order valence-electron chi connectivity index (χ1n) is 6.34. The van der Waals surface area contributed by atoms with Gasteiger partial charge in [-0.15, -0.1) is 0 Å². The summed E-state index contributed by atoms with van der Waals surface area (Å²) in [6.07, 6.45) is 2.16. The van der Waals surface area contributed by atoms with Gasteiger partial charge >= 0.3 is 0 Å². The number of hydrogen-bond donors (Lipinski definition) is 0. The normalized spacial score (nSPS) is 17.9. The average Bonchev–Trinajstić information content (AvgIpc) is 2.77. The van der Waals surface area contributed by atoms with E-state index < -0.39 is 10.0 Å². The zero-order valence-corrected chi connectivity index (χ0v) is 14.3. The highest BCUT2D eigenvalue weighted by atomic mass is 79.9. The Balaban J connectivity index is 2.17. The molecule has 2 heterocycles. The topological polar surface area (TPSA) is 50.3 Å². The number of nitrogens with zero attached hydrogens (tertiary/aromatic N) is 2. The van der Waals surface area contributed by atoms with Gasteiger partial charge in [0.2, 0.25) is 0 Å². The minimum absolute atomic E-state index is 0.0158. The van der Waals surface area contributed by atoms with Crippen LogP contribution in [0, 0.1) is 0 Å². The Bertz CT molecular complexity index is 810. The molecule has 0 fully saturated rings. The third-order valence-electron chi connectivity index (χ3n) is 3.46. The second-order valence-electron chi connectivity index (χ2n) is 4.93. The van der Waals surface area contributed by atoms with Gasteiger partial charge in [0.15, 0.2) is 0 Å². The fourth-order valence-electron chi connectivity index (χ4n) is 2.59. The number of anilines is 1. The average molecular weight is 388 g/mol. The van der Waals surface area contributed by atoms with E-state index in [1.54, 1.807) is 0 Å². The summed E-state index contributed by atoms with van der Waals surface area (Å²) in [7, 11) is -3.75. The third-order valence-corrected chi connectivity index (χ3v) is 6.24. The molecule has 0 aliphatic carbocycles. The minimum Gasteiger partial charge on any atom is -0.263 e. The molecule has 0 spiro atoms. The number of benzene rings is 1. The number of hydrogen-bond acceptors (Lipinski definition) is 3. The SMILES string of the molecule is CC1Cc2ccccc2N1S(=O)(=O)c1cc(Br)cnc1Cl. The maximum Gasteiger partial charge on any atom is 0.267 e. The van der Waals surface area contributed by atoms with Gasteiger partial charge in [-0.2, -0.15) is 0 Å². The van der Waals surface area contributed by atoms with Crippen LogP contribution in [0.25, 0.3) is 0 Å². The van der Waals surface area contributed by atoms with E-state index in [9.17, 15) is 8.42 Å². The van der Waals surface area contributed by atoms with Crippen LogP contribution < -0.4 is 4.31 Å². The van der Waals surface area contributed by atoms with Crippen molar-refractivity contribution in [3.63, 3.8) is 0 Å². The van der Waals surface area contributed by atoms with Gasteiger partial charge in [-0.25, -0.2) is 13.4 Å². The van der Waals surface area contributed by atoms with Gasteiger partial charge < -0.3 is 0 Å². The monoisotopic (exact) mass is 386 g/mol. The molecule has 1 atom stereocenters. The molecule has 1 aromatic carbocycles. The van der Waals surface area contributed by atoms with Crippen molar-refractivity contribution < 1.29 is 8.42 Å². The van der Waals surface area contributed by atoms with Gasteiger partial charge in [-0.05, 0) is 47.0 Å². The first-order chi connectivity index (χ1) is 9.91. The van der Waals surface area contributed by atoms with Crippen LogP contribution in [0.15, 0.2) is 45.9 Å². The lowest BCUT2D eigenvalue weighted by Crippen LogP contribution is -2.36. The predicted molar refractivity (Wildman–Crippen MR) is 86.2 cm³/mol. The summed E-state index contributed by atoms with van der Waals surface area (Å²) in [4.78, 5) is 3.93. The van der Waals surface area contributed by atoms with Crippen molar-refractivity contribution in [2.75, 3.05) is 4.31 Å². The molecule has 3 rings (SSSR count). The van der Waals surface area contributed by atoms with E-state index >= 15 is 0 Å². The Kier molecular flexibility index (Phi) is 3.71. The van der Waals surface area contributed by atoms with E-state index in [0.717, 1.165) is 5.56 Å². The molecule has 0 radical (unpaired) electrons. The van der Waals surface area contributed by atoms with E-state index in [-0.39, 0.29) is 16.1 Å². The molecule has 1 aromatic heterocycles. The number of aromatic nitrogens is 1. The van der Waals surface area contributed by atoms with Crippen LogP contribution in [0.1, 0.15) is 12.5 Å². The van der Waals surface area contributed by atoms with Crippen LogP contribution in [0.4, 0.5) is 5.69 Å². The van der Waals surface area contributed by atoms with Crippen LogP contribution in [-0.2, 0) is 16.4 Å². The molecule has 21 heavy (non-hydrogen) atoms. The molecule has 4 nitrogen and oxygen atoms in total. The van der Waals surface area contributed by atoms with E-state index in [1.165, 1.54) is 16.6 Å². The second-order valence-corrected chi connectivity index (χ2v) is 7.98. The first kappa shape index (κ1) is 14.8. The fourth-order valence-corrected chi connectivity index (χ4v) is 5.21. The van der Waals surface area contributed by atoms with Crippen LogP contribution >= 0.6 is 27.5 Å². The van der Waals surface area contributed by atoms with Gasteiger partial charge in [-0.3, -0.25) is 4.31 Å². The maximum atomic E-state index is 13.0. The molecule has 1 unspecified atom stereocenters. The van der Waals surface area contributed by atoms with Gasteiger partial charge in [-0.1, -0.05) is 29.8 Å². The zero-order valence-electron chi connectivity index (χ0n) is 11.1. The molecule has 0 N–H and O–H groups in total. The Morgan fingerprint density at radius 3 is 2.86 bits per heavy atom. The number of fused-ring (bicyclic) bond motifs is 1. The lowest BCUT2D eigenvalue weighted by atomic mass is 10.1. The smallest absolute Gasteiger partial charge is 0.263 e. The minimum atomic E-state index is -3.75. The first-order valence-corrected chi connectivity index (χ1v) is 8.96. The van der Waals surface area contributed by atoms with Crippen molar-refractivity contribution in [3.8, 4) is 0 Å². The summed E-state index contributed by atoms with van der Waals surface area (Å²) >= 11 is 9.24. The Morgan fingerprint density at radius 1 is 1.38 bits per heavy atom. The van der Waals surface area contributed by atoms with Gasteiger partial charge in [0.1, 0.15) is 10.0 Å². The van der Waals surface area contributed by atoms with Crippen LogP contribution in [0.5, 0.6) is 0 Å². The quantitative estimate of drug-likeness (QED) is 0.739. The second kappa shape index (κ2) is 5.26. The largest absolute Gasteiger partial charge is 0.267 e. The fraction of sp³-hybridized carbons (Fsp3) is 0.214. The summed E-state index contributed by atoms with van der Waals surface area (Å²) in [5, 5.41) is -0.0187. The number of rotatable bonds is 2. The van der Waals surface area contributed by atoms with E-state index in [1.807, 2.05) is 31.2 Å². The lowest BCUT2D eigenvalue weighted by molar-refractivity contribution is 0.584.